The molecule has 0 saturated carbocycles. The molecular weight excluding hydrogens is 338 g/mol. The van der Waals surface area contributed by atoms with Crippen LogP contribution >= 0.6 is 0 Å². The van der Waals surface area contributed by atoms with Crippen LogP contribution in [-0.2, 0) is 0 Å². The molecule has 6 heteroatoms. The molecule has 26 heavy (non-hydrogen) atoms. The lowest BCUT2D eigenvalue weighted by molar-refractivity contribution is 0.102. The summed E-state index contributed by atoms with van der Waals surface area (Å²) in [6, 6.07) is 15.6. The standard InChI is InChI=1S/C20H16F2N2O2/c1-13(14-6-3-2-4-7-14)26-18-8-5-11-23-19(18)24-20(25)16-10-9-15(21)12-17(16)22/h2-13H,1H3,(H,23,24,25)/t13-/m1/s1. The van der Waals surface area contributed by atoms with Gasteiger partial charge in [0.1, 0.15) is 17.7 Å². The number of carbonyl (C=O) groups is 1. The molecule has 1 atom stereocenters. The first kappa shape index (κ1) is 17.5. The van der Waals surface area contributed by atoms with Crippen LogP contribution in [0.5, 0.6) is 5.75 Å². The minimum atomic E-state index is -0.946. The summed E-state index contributed by atoms with van der Waals surface area (Å²) in [5.74, 6) is -1.93. The molecule has 3 aromatic rings. The fourth-order valence-corrected chi connectivity index (χ4v) is 2.41. The van der Waals surface area contributed by atoms with Crippen molar-refractivity contribution in [3.8, 4) is 5.75 Å². The van der Waals surface area contributed by atoms with Crippen molar-refractivity contribution in [3.05, 3.63) is 89.6 Å². The molecule has 0 spiro atoms. The molecule has 0 aliphatic heterocycles. The van der Waals surface area contributed by atoms with E-state index in [2.05, 4.69) is 10.3 Å². The average molecular weight is 354 g/mol. The Bertz CT molecular complexity index is 917. The summed E-state index contributed by atoms with van der Waals surface area (Å²) in [6.45, 7) is 1.87. The first-order chi connectivity index (χ1) is 12.5. The van der Waals surface area contributed by atoms with Gasteiger partial charge in [-0.3, -0.25) is 4.79 Å². The highest BCUT2D eigenvalue weighted by Gasteiger charge is 2.17. The molecule has 0 radical (unpaired) electrons. The molecule has 132 valence electrons. The third-order valence-corrected chi connectivity index (χ3v) is 3.75. The average Bonchev–Trinajstić information content (AvgIpc) is 2.64. The van der Waals surface area contributed by atoms with Gasteiger partial charge in [-0.1, -0.05) is 30.3 Å². The summed E-state index contributed by atoms with van der Waals surface area (Å²) in [4.78, 5) is 16.4. The van der Waals surface area contributed by atoms with Gasteiger partial charge in [-0.05, 0) is 36.8 Å². The molecule has 0 fully saturated rings. The van der Waals surface area contributed by atoms with Crippen LogP contribution in [-0.4, -0.2) is 10.9 Å². The number of pyridine rings is 1. The summed E-state index contributed by atoms with van der Waals surface area (Å²) in [6.07, 6.45) is 1.20. The van der Waals surface area contributed by atoms with E-state index in [1.807, 2.05) is 37.3 Å². The number of nitrogens with zero attached hydrogens (tertiary/aromatic N) is 1. The molecule has 1 aromatic heterocycles. The van der Waals surface area contributed by atoms with Crippen molar-refractivity contribution in [2.45, 2.75) is 13.0 Å². The fourth-order valence-electron chi connectivity index (χ4n) is 2.41. The van der Waals surface area contributed by atoms with Gasteiger partial charge >= 0.3 is 0 Å². The maximum atomic E-state index is 13.8. The molecule has 0 aliphatic rings. The predicted octanol–water partition coefficient (Wildman–Crippen LogP) is 4.75. The van der Waals surface area contributed by atoms with Crippen molar-refractivity contribution >= 4 is 11.7 Å². The highest BCUT2D eigenvalue weighted by Crippen LogP contribution is 2.27. The zero-order valence-electron chi connectivity index (χ0n) is 13.9. The Morgan fingerprint density at radius 1 is 1.08 bits per heavy atom. The van der Waals surface area contributed by atoms with Gasteiger partial charge in [0.25, 0.3) is 5.91 Å². The summed E-state index contributed by atoms with van der Waals surface area (Å²) in [5.41, 5.74) is 0.678. The number of ether oxygens (including phenoxy) is 1. The normalized spacial score (nSPS) is 11.7. The lowest BCUT2D eigenvalue weighted by atomic mass is 10.1. The Labute approximate surface area is 149 Å². The van der Waals surface area contributed by atoms with E-state index in [0.29, 0.717) is 11.8 Å². The van der Waals surface area contributed by atoms with Crippen molar-refractivity contribution in [2.75, 3.05) is 5.32 Å². The molecular formula is C20H16F2N2O2. The third kappa shape index (κ3) is 4.03. The van der Waals surface area contributed by atoms with Crippen LogP contribution in [0.1, 0.15) is 28.9 Å². The lowest BCUT2D eigenvalue weighted by Crippen LogP contribution is -2.16. The number of hydrogen-bond donors (Lipinski definition) is 1. The Morgan fingerprint density at radius 2 is 1.85 bits per heavy atom. The van der Waals surface area contributed by atoms with Crippen molar-refractivity contribution in [1.82, 2.24) is 4.98 Å². The molecule has 3 rings (SSSR count). The van der Waals surface area contributed by atoms with E-state index in [1.165, 1.54) is 6.20 Å². The summed E-state index contributed by atoms with van der Waals surface area (Å²) >= 11 is 0. The van der Waals surface area contributed by atoms with Crippen LogP contribution in [0.2, 0.25) is 0 Å². The molecule has 4 nitrogen and oxygen atoms in total. The molecule has 0 bridgehead atoms. The van der Waals surface area contributed by atoms with E-state index in [0.717, 1.165) is 17.7 Å². The topological polar surface area (TPSA) is 51.2 Å². The second kappa shape index (κ2) is 7.74. The maximum Gasteiger partial charge on any atom is 0.259 e. The van der Waals surface area contributed by atoms with E-state index >= 15 is 0 Å². The number of carbonyl (C=O) groups excluding carboxylic acids is 1. The zero-order valence-corrected chi connectivity index (χ0v) is 13.9. The second-order valence-corrected chi connectivity index (χ2v) is 5.60. The quantitative estimate of drug-likeness (QED) is 0.719. The van der Waals surface area contributed by atoms with Crippen LogP contribution in [0.25, 0.3) is 0 Å². The Kier molecular flexibility index (Phi) is 5.22. The van der Waals surface area contributed by atoms with Crippen LogP contribution < -0.4 is 10.1 Å². The Balaban J connectivity index is 1.80. The van der Waals surface area contributed by atoms with E-state index in [-0.39, 0.29) is 17.5 Å². The van der Waals surface area contributed by atoms with Crippen molar-refractivity contribution in [1.29, 1.82) is 0 Å². The van der Waals surface area contributed by atoms with Crippen LogP contribution in [0.4, 0.5) is 14.6 Å². The fraction of sp³-hybridized carbons (Fsp3) is 0.100. The van der Waals surface area contributed by atoms with Crippen molar-refractivity contribution in [3.63, 3.8) is 0 Å². The third-order valence-electron chi connectivity index (χ3n) is 3.75. The molecule has 0 saturated heterocycles. The van der Waals surface area contributed by atoms with E-state index in [4.69, 9.17) is 4.74 Å². The van der Waals surface area contributed by atoms with Gasteiger partial charge < -0.3 is 10.1 Å². The Morgan fingerprint density at radius 3 is 2.58 bits per heavy atom. The van der Waals surface area contributed by atoms with E-state index < -0.39 is 17.5 Å². The molecule has 2 aromatic carbocycles. The minimum absolute atomic E-state index is 0.156. The smallest absolute Gasteiger partial charge is 0.259 e. The van der Waals surface area contributed by atoms with Gasteiger partial charge in [-0.25, -0.2) is 13.8 Å². The summed E-state index contributed by atoms with van der Waals surface area (Å²) in [7, 11) is 0. The predicted molar refractivity (Wildman–Crippen MR) is 94.0 cm³/mol. The van der Waals surface area contributed by atoms with Gasteiger partial charge in [0.2, 0.25) is 0 Å². The first-order valence-corrected chi connectivity index (χ1v) is 7.97. The van der Waals surface area contributed by atoms with Gasteiger partial charge in [-0.2, -0.15) is 0 Å². The second-order valence-electron chi connectivity index (χ2n) is 5.60. The van der Waals surface area contributed by atoms with Gasteiger partial charge in [0.05, 0.1) is 5.56 Å². The highest BCUT2D eigenvalue weighted by molar-refractivity contribution is 6.04. The van der Waals surface area contributed by atoms with Gasteiger partial charge in [0.15, 0.2) is 11.6 Å². The van der Waals surface area contributed by atoms with E-state index in [9.17, 15) is 13.6 Å². The number of amides is 1. The van der Waals surface area contributed by atoms with Gasteiger partial charge in [-0.15, -0.1) is 0 Å². The molecule has 1 N–H and O–H groups in total. The lowest BCUT2D eigenvalue weighted by Gasteiger charge is -2.17. The number of nitrogens with one attached hydrogen (secondary N) is 1. The van der Waals surface area contributed by atoms with Crippen molar-refractivity contribution < 1.29 is 18.3 Å². The number of hydrogen-bond acceptors (Lipinski definition) is 3. The first-order valence-electron chi connectivity index (χ1n) is 7.97. The number of rotatable bonds is 5. The van der Waals surface area contributed by atoms with Gasteiger partial charge in [0, 0.05) is 12.3 Å². The molecule has 1 amide bonds. The van der Waals surface area contributed by atoms with Crippen LogP contribution in [0.15, 0.2) is 66.9 Å². The number of anilines is 1. The number of halogens is 2. The monoisotopic (exact) mass is 354 g/mol. The molecule has 0 aliphatic carbocycles. The number of aromatic nitrogens is 1. The minimum Gasteiger partial charge on any atom is -0.482 e. The zero-order chi connectivity index (χ0) is 18.5. The van der Waals surface area contributed by atoms with Crippen LogP contribution in [0, 0.1) is 11.6 Å². The number of benzene rings is 2. The molecule has 0 unspecified atom stereocenters. The highest BCUT2D eigenvalue weighted by atomic mass is 19.1. The molecule has 1 heterocycles. The SMILES string of the molecule is C[C@@H](Oc1cccnc1NC(=O)c1ccc(F)cc1F)c1ccccc1. The largest absolute Gasteiger partial charge is 0.482 e. The van der Waals surface area contributed by atoms with Crippen LogP contribution in [0.3, 0.4) is 0 Å². The Hall–Kier alpha value is -3.28. The van der Waals surface area contributed by atoms with E-state index in [1.54, 1.807) is 12.1 Å². The van der Waals surface area contributed by atoms with Crippen molar-refractivity contribution in [2.24, 2.45) is 0 Å². The maximum absolute atomic E-state index is 13.8. The summed E-state index contributed by atoms with van der Waals surface area (Å²) in [5, 5.41) is 2.51. The summed E-state index contributed by atoms with van der Waals surface area (Å²) < 4.78 is 32.7.